The first-order valence-electron chi connectivity index (χ1n) is 5.19. The molecule has 2 atom stereocenters. The van der Waals surface area contributed by atoms with Crippen molar-refractivity contribution in [2.24, 2.45) is 0 Å². The van der Waals surface area contributed by atoms with Crippen LogP contribution in [0.1, 0.15) is 37.2 Å². The zero-order chi connectivity index (χ0) is 12.1. The highest BCUT2D eigenvalue weighted by Crippen LogP contribution is 2.19. The first-order chi connectivity index (χ1) is 7.56. The van der Waals surface area contributed by atoms with Crippen LogP contribution in [0.3, 0.4) is 0 Å². The molecular formula is C12H16O4. The summed E-state index contributed by atoms with van der Waals surface area (Å²) in [6.07, 6.45) is -1.92. The zero-order valence-electron chi connectivity index (χ0n) is 9.38. The Hall–Kier alpha value is -1.39. The number of carbonyl (C=O) groups excluding carboxylic acids is 1. The van der Waals surface area contributed by atoms with E-state index in [0.29, 0.717) is 11.1 Å². The summed E-state index contributed by atoms with van der Waals surface area (Å²) in [5, 5.41) is 19.0. The van der Waals surface area contributed by atoms with Crippen LogP contribution in [0.5, 0.6) is 0 Å². The highest BCUT2D eigenvalue weighted by Gasteiger charge is 2.19. The second kappa shape index (κ2) is 5.63. The van der Waals surface area contributed by atoms with Gasteiger partial charge in [0.1, 0.15) is 0 Å². The minimum Gasteiger partial charge on any atom is -0.464 e. The van der Waals surface area contributed by atoms with Crippen molar-refractivity contribution in [1.29, 1.82) is 0 Å². The maximum Gasteiger partial charge on any atom is 0.339 e. The van der Waals surface area contributed by atoms with Gasteiger partial charge in [-0.15, -0.1) is 0 Å². The predicted octanol–water partition coefficient (Wildman–Crippen LogP) is 1.34. The molecule has 0 aliphatic heterocycles. The van der Waals surface area contributed by atoms with E-state index in [9.17, 15) is 15.0 Å². The van der Waals surface area contributed by atoms with Gasteiger partial charge in [0.2, 0.25) is 0 Å². The van der Waals surface area contributed by atoms with E-state index < -0.39 is 18.2 Å². The molecule has 0 saturated carbocycles. The van der Waals surface area contributed by atoms with Crippen molar-refractivity contribution in [3.05, 3.63) is 35.4 Å². The van der Waals surface area contributed by atoms with Crippen LogP contribution in [0.15, 0.2) is 24.3 Å². The largest absolute Gasteiger partial charge is 0.464 e. The molecule has 0 aliphatic rings. The Morgan fingerprint density at radius 3 is 2.56 bits per heavy atom. The van der Waals surface area contributed by atoms with Crippen molar-refractivity contribution in [3.8, 4) is 0 Å². The van der Waals surface area contributed by atoms with E-state index in [2.05, 4.69) is 0 Å². The van der Waals surface area contributed by atoms with Gasteiger partial charge >= 0.3 is 5.97 Å². The fourth-order valence-electron chi connectivity index (χ4n) is 1.35. The number of esters is 1. The van der Waals surface area contributed by atoms with Gasteiger partial charge in [-0.05, 0) is 25.0 Å². The Bertz CT molecular complexity index is 360. The first-order valence-corrected chi connectivity index (χ1v) is 5.19. The number of rotatable bonds is 4. The highest BCUT2D eigenvalue weighted by molar-refractivity contribution is 5.76. The summed E-state index contributed by atoms with van der Waals surface area (Å²) < 4.78 is 4.71. The fraction of sp³-hybridized carbons (Fsp3) is 0.417. The summed E-state index contributed by atoms with van der Waals surface area (Å²) in [6, 6.07) is 6.62. The van der Waals surface area contributed by atoms with Crippen molar-refractivity contribution >= 4 is 5.97 Å². The van der Waals surface area contributed by atoms with Crippen LogP contribution in [0.2, 0.25) is 0 Å². The molecule has 2 N–H and O–H groups in total. The molecule has 1 rings (SSSR count). The molecule has 1 aromatic carbocycles. The topological polar surface area (TPSA) is 66.8 Å². The maximum absolute atomic E-state index is 11.3. The Kier molecular flexibility index (Phi) is 4.46. The van der Waals surface area contributed by atoms with Crippen molar-refractivity contribution in [2.45, 2.75) is 26.1 Å². The SMILES string of the molecule is CCOC(=O)C(O)c1cccc(C(C)O)c1. The molecule has 88 valence electrons. The number of hydrogen-bond donors (Lipinski definition) is 2. The summed E-state index contributed by atoms with van der Waals surface area (Å²) >= 11 is 0. The maximum atomic E-state index is 11.3. The third kappa shape index (κ3) is 3.05. The van der Waals surface area contributed by atoms with E-state index in [-0.39, 0.29) is 6.61 Å². The molecule has 4 heteroatoms. The average Bonchev–Trinajstić information content (AvgIpc) is 2.28. The van der Waals surface area contributed by atoms with E-state index in [1.165, 1.54) is 0 Å². The van der Waals surface area contributed by atoms with Crippen LogP contribution in [0.25, 0.3) is 0 Å². The van der Waals surface area contributed by atoms with Gasteiger partial charge in [-0.25, -0.2) is 4.79 Å². The minimum absolute atomic E-state index is 0.228. The molecule has 0 aromatic heterocycles. The lowest BCUT2D eigenvalue weighted by molar-refractivity contribution is -0.153. The Morgan fingerprint density at radius 2 is 2.00 bits per heavy atom. The fourth-order valence-corrected chi connectivity index (χ4v) is 1.35. The van der Waals surface area contributed by atoms with Crippen molar-refractivity contribution in [3.63, 3.8) is 0 Å². The molecule has 16 heavy (non-hydrogen) atoms. The van der Waals surface area contributed by atoms with Crippen molar-refractivity contribution < 1.29 is 19.7 Å². The van der Waals surface area contributed by atoms with Crippen LogP contribution in [0.4, 0.5) is 0 Å². The third-order valence-electron chi connectivity index (χ3n) is 2.22. The summed E-state index contributed by atoms with van der Waals surface area (Å²) in [7, 11) is 0. The minimum atomic E-state index is -1.29. The summed E-state index contributed by atoms with van der Waals surface area (Å²) in [6.45, 7) is 3.53. The van der Waals surface area contributed by atoms with Gasteiger partial charge in [0.15, 0.2) is 6.10 Å². The standard InChI is InChI=1S/C12H16O4/c1-3-16-12(15)11(14)10-6-4-5-9(7-10)8(2)13/h4-8,11,13-14H,3H2,1-2H3. The lowest BCUT2D eigenvalue weighted by Crippen LogP contribution is -2.15. The van der Waals surface area contributed by atoms with Gasteiger partial charge < -0.3 is 14.9 Å². The third-order valence-corrected chi connectivity index (χ3v) is 2.22. The van der Waals surface area contributed by atoms with E-state index in [4.69, 9.17) is 4.74 Å². The second-order valence-corrected chi connectivity index (χ2v) is 3.50. The monoisotopic (exact) mass is 224 g/mol. The van der Waals surface area contributed by atoms with Crippen LogP contribution >= 0.6 is 0 Å². The van der Waals surface area contributed by atoms with Gasteiger partial charge in [-0.2, -0.15) is 0 Å². The smallest absolute Gasteiger partial charge is 0.339 e. The van der Waals surface area contributed by atoms with Gasteiger partial charge in [0.25, 0.3) is 0 Å². The number of ether oxygens (including phenoxy) is 1. The molecule has 4 nitrogen and oxygen atoms in total. The number of benzene rings is 1. The zero-order valence-corrected chi connectivity index (χ0v) is 9.38. The van der Waals surface area contributed by atoms with Gasteiger partial charge in [-0.1, -0.05) is 24.3 Å². The highest BCUT2D eigenvalue weighted by atomic mass is 16.5. The van der Waals surface area contributed by atoms with E-state index in [1.54, 1.807) is 38.1 Å². The molecule has 0 radical (unpaired) electrons. The summed E-state index contributed by atoms with van der Waals surface area (Å²) in [5.41, 5.74) is 1.08. The first kappa shape index (κ1) is 12.7. The molecule has 0 aliphatic carbocycles. The van der Waals surface area contributed by atoms with Gasteiger partial charge in [0.05, 0.1) is 12.7 Å². The quantitative estimate of drug-likeness (QED) is 0.757. The number of aliphatic hydroxyl groups is 2. The molecule has 2 unspecified atom stereocenters. The molecule has 0 amide bonds. The molecular weight excluding hydrogens is 208 g/mol. The van der Waals surface area contributed by atoms with Crippen LogP contribution in [-0.4, -0.2) is 22.8 Å². The Balaban J connectivity index is 2.87. The van der Waals surface area contributed by atoms with Crippen LogP contribution in [0, 0.1) is 0 Å². The van der Waals surface area contributed by atoms with Crippen molar-refractivity contribution in [2.75, 3.05) is 6.61 Å². The van der Waals surface area contributed by atoms with Crippen molar-refractivity contribution in [1.82, 2.24) is 0 Å². The molecule has 0 spiro atoms. The van der Waals surface area contributed by atoms with E-state index in [0.717, 1.165) is 0 Å². The lowest BCUT2D eigenvalue weighted by atomic mass is 10.0. The number of carbonyl (C=O) groups is 1. The van der Waals surface area contributed by atoms with Crippen LogP contribution in [-0.2, 0) is 9.53 Å². The van der Waals surface area contributed by atoms with Gasteiger partial charge in [0, 0.05) is 0 Å². The van der Waals surface area contributed by atoms with Crippen LogP contribution < -0.4 is 0 Å². The second-order valence-electron chi connectivity index (χ2n) is 3.50. The number of hydrogen-bond acceptors (Lipinski definition) is 4. The predicted molar refractivity (Wildman–Crippen MR) is 58.7 cm³/mol. The summed E-state index contributed by atoms with van der Waals surface area (Å²) in [5.74, 6) is -0.676. The molecule has 0 fully saturated rings. The molecule has 0 heterocycles. The average molecular weight is 224 g/mol. The van der Waals surface area contributed by atoms with Gasteiger partial charge in [-0.3, -0.25) is 0 Å². The van der Waals surface area contributed by atoms with E-state index >= 15 is 0 Å². The molecule has 0 saturated heterocycles. The molecule has 0 bridgehead atoms. The normalized spacial score (nSPS) is 14.2. The Labute approximate surface area is 94.5 Å². The lowest BCUT2D eigenvalue weighted by Gasteiger charge is -2.12. The Morgan fingerprint density at radius 1 is 1.38 bits per heavy atom. The van der Waals surface area contributed by atoms with E-state index in [1.807, 2.05) is 0 Å². The summed E-state index contributed by atoms with van der Waals surface area (Å²) in [4.78, 5) is 11.3. The number of aliphatic hydroxyl groups excluding tert-OH is 2. The molecule has 1 aromatic rings.